The van der Waals surface area contributed by atoms with E-state index in [4.69, 9.17) is 4.74 Å². The van der Waals surface area contributed by atoms with Gasteiger partial charge in [-0.2, -0.15) is 0 Å². The lowest BCUT2D eigenvalue weighted by atomic mass is 9.71. The quantitative estimate of drug-likeness (QED) is 0.519. The SMILES string of the molecule is O=C1CCC2(CCCCC2)CO1. The molecule has 0 aromatic heterocycles. The highest BCUT2D eigenvalue weighted by molar-refractivity contribution is 5.70. The lowest BCUT2D eigenvalue weighted by Crippen LogP contribution is -2.35. The summed E-state index contributed by atoms with van der Waals surface area (Å²) in [6.45, 7) is 0.700. The Bertz CT molecular complexity index is 168. The normalized spacial score (nSPS) is 28.5. The molecule has 1 saturated carbocycles. The minimum atomic E-state index is 0.00574. The summed E-state index contributed by atoms with van der Waals surface area (Å²) < 4.78 is 5.13. The van der Waals surface area contributed by atoms with Gasteiger partial charge in [-0.1, -0.05) is 19.3 Å². The van der Waals surface area contributed by atoms with E-state index >= 15 is 0 Å². The van der Waals surface area contributed by atoms with Gasteiger partial charge in [0.2, 0.25) is 0 Å². The van der Waals surface area contributed by atoms with Crippen LogP contribution >= 0.6 is 0 Å². The third-order valence-corrected chi connectivity index (χ3v) is 3.31. The van der Waals surface area contributed by atoms with Crippen LogP contribution in [0.3, 0.4) is 0 Å². The zero-order chi connectivity index (χ0) is 8.44. The number of cyclic esters (lactones) is 1. The molecule has 0 unspecified atom stereocenters. The Morgan fingerprint density at radius 3 is 2.42 bits per heavy atom. The summed E-state index contributed by atoms with van der Waals surface area (Å²) in [6.07, 6.45) is 8.32. The van der Waals surface area contributed by atoms with Gasteiger partial charge in [0.1, 0.15) is 0 Å². The Morgan fingerprint density at radius 1 is 1.08 bits per heavy atom. The third-order valence-electron chi connectivity index (χ3n) is 3.31. The second kappa shape index (κ2) is 3.08. The minimum absolute atomic E-state index is 0.00574. The van der Waals surface area contributed by atoms with E-state index in [0.29, 0.717) is 18.4 Å². The largest absolute Gasteiger partial charge is 0.465 e. The van der Waals surface area contributed by atoms with E-state index in [1.54, 1.807) is 0 Å². The zero-order valence-corrected chi connectivity index (χ0v) is 7.47. The van der Waals surface area contributed by atoms with Crippen molar-refractivity contribution >= 4 is 5.97 Å². The van der Waals surface area contributed by atoms with E-state index < -0.39 is 0 Å². The number of carbonyl (C=O) groups excluding carboxylic acids is 1. The average Bonchev–Trinajstić information content (AvgIpc) is 2.13. The third kappa shape index (κ3) is 1.47. The molecule has 0 radical (unpaired) electrons. The van der Waals surface area contributed by atoms with Crippen LogP contribution in [0.15, 0.2) is 0 Å². The molecule has 2 aliphatic rings. The Balaban J connectivity index is 1.96. The van der Waals surface area contributed by atoms with Crippen molar-refractivity contribution < 1.29 is 9.53 Å². The van der Waals surface area contributed by atoms with Crippen molar-refractivity contribution in [3.8, 4) is 0 Å². The summed E-state index contributed by atoms with van der Waals surface area (Å²) in [5.41, 5.74) is 0.395. The van der Waals surface area contributed by atoms with Gasteiger partial charge in [-0.3, -0.25) is 4.79 Å². The molecular formula is C10H16O2. The first-order chi connectivity index (χ1) is 5.81. The molecule has 12 heavy (non-hydrogen) atoms. The molecule has 0 bridgehead atoms. The summed E-state index contributed by atoms with van der Waals surface area (Å²) >= 11 is 0. The topological polar surface area (TPSA) is 26.3 Å². The molecule has 0 N–H and O–H groups in total. The Morgan fingerprint density at radius 2 is 1.83 bits per heavy atom. The molecule has 2 heteroatoms. The predicted octanol–water partition coefficient (Wildman–Crippen LogP) is 2.27. The molecule has 1 aliphatic carbocycles. The number of hydrogen-bond acceptors (Lipinski definition) is 2. The maximum atomic E-state index is 10.9. The molecule has 2 rings (SSSR count). The molecular weight excluding hydrogens is 152 g/mol. The fraction of sp³-hybridized carbons (Fsp3) is 0.900. The molecule has 1 aliphatic heterocycles. The lowest BCUT2D eigenvalue weighted by molar-refractivity contribution is -0.155. The van der Waals surface area contributed by atoms with Crippen LogP contribution in [0.5, 0.6) is 0 Å². The van der Waals surface area contributed by atoms with E-state index in [1.165, 1.54) is 32.1 Å². The van der Waals surface area contributed by atoms with Crippen LogP contribution in [0, 0.1) is 5.41 Å². The molecule has 68 valence electrons. The molecule has 2 nitrogen and oxygen atoms in total. The van der Waals surface area contributed by atoms with Gasteiger partial charge in [-0.05, 0) is 19.3 Å². The number of hydrogen-bond donors (Lipinski definition) is 0. The molecule has 1 heterocycles. The van der Waals surface area contributed by atoms with Crippen molar-refractivity contribution in [3.63, 3.8) is 0 Å². The Kier molecular flexibility index (Phi) is 2.07. The van der Waals surface area contributed by atoms with E-state index in [-0.39, 0.29) is 5.97 Å². The molecule has 2 fully saturated rings. The van der Waals surface area contributed by atoms with Crippen molar-refractivity contribution in [1.82, 2.24) is 0 Å². The second-order valence-corrected chi connectivity index (χ2v) is 4.22. The summed E-state index contributed by atoms with van der Waals surface area (Å²) in [5.74, 6) is 0.00574. The van der Waals surface area contributed by atoms with Gasteiger partial charge in [0.25, 0.3) is 0 Å². The monoisotopic (exact) mass is 168 g/mol. The van der Waals surface area contributed by atoms with Gasteiger partial charge < -0.3 is 4.74 Å². The van der Waals surface area contributed by atoms with Crippen LogP contribution in [-0.2, 0) is 9.53 Å². The van der Waals surface area contributed by atoms with E-state index in [1.807, 2.05) is 0 Å². The number of esters is 1. The molecule has 1 saturated heterocycles. The first kappa shape index (κ1) is 8.09. The van der Waals surface area contributed by atoms with Crippen LogP contribution in [-0.4, -0.2) is 12.6 Å². The van der Waals surface area contributed by atoms with Gasteiger partial charge >= 0.3 is 5.97 Å². The highest BCUT2D eigenvalue weighted by atomic mass is 16.5. The van der Waals surface area contributed by atoms with E-state index in [9.17, 15) is 4.79 Å². The summed E-state index contributed by atoms with van der Waals surface area (Å²) in [4.78, 5) is 10.9. The van der Waals surface area contributed by atoms with Gasteiger partial charge in [-0.15, -0.1) is 0 Å². The average molecular weight is 168 g/mol. The number of ether oxygens (including phenoxy) is 1. The van der Waals surface area contributed by atoms with E-state index in [0.717, 1.165) is 6.42 Å². The van der Waals surface area contributed by atoms with Gasteiger partial charge in [0.15, 0.2) is 0 Å². The second-order valence-electron chi connectivity index (χ2n) is 4.22. The summed E-state index contributed by atoms with van der Waals surface area (Å²) in [6, 6.07) is 0. The van der Waals surface area contributed by atoms with E-state index in [2.05, 4.69) is 0 Å². The Hall–Kier alpha value is -0.530. The van der Waals surface area contributed by atoms with Crippen molar-refractivity contribution in [1.29, 1.82) is 0 Å². The highest BCUT2D eigenvalue weighted by Crippen LogP contribution is 2.42. The van der Waals surface area contributed by atoms with Crippen LogP contribution in [0.25, 0.3) is 0 Å². The standard InChI is InChI=1S/C10H16O2/c11-9-4-7-10(8-12-9)5-2-1-3-6-10/h1-8H2. The van der Waals surface area contributed by atoms with Gasteiger partial charge in [-0.25, -0.2) is 0 Å². The first-order valence-electron chi connectivity index (χ1n) is 4.96. The molecule has 0 amide bonds. The van der Waals surface area contributed by atoms with Crippen LogP contribution in [0.2, 0.25) is 0 Å². The highest BCUT2D eigenvalue weighted by Gasteiger charge is 2.36. The smallest absolute Gasteiger partial charge is 0.305 e. The molecule has 0 aromatic rings. The van der Waals surface area contributed by atoms with Crippen molar-refractivity contribution in [2.45, 2.75) is 44.9 Å². The van der Waals surface area contributed by atoms with Crippen LogP contribution in [0.1, 0.15) is 44.9 Å². The fourth-order valence-electron chi connectivity index (χ4n) is 2.44. The fourth-order valence-corrected chi connectivity index (χ4v) is 2.44. The van der Waals surface area contributed by atoms with Crippen LogP contribution < -0.4 is 0 Å². The molecule has 0 atom stereocenters. The summed E-state index contributed by atoms with van der Waals surface area (Å²) in [7, 11) is 0. The van der Waals surface area contributed by atoms with Crippen molar-refractivity contribution in [2.75, 3.05) is 6.61 Å². The Labute approximate surface area is 73.3 Å². The predicted molar refractivity (Wildman–Crippen MR) is 45.7 cm³/mol. The molecule has 1 spiro atoms. The van der Waals surface area contributed by atoms with Crippen molar-refractivity contribution in [2.24, 2.45) is 5.41 Å². The van der Waals surface area contributed by atoms with Crippen molar-refractivity contribution in [3.05, 3.63) is 0 Å². The first-order valence-corrected chi connectivity index (χ1v) is 4.96. The number of carbonyl (C=O) groups is 1. The molecule has 0 aromatic carbocycles. The van der Waals surface area contributed by atoms with Gasteiger partial charge in [0.05, 0.1) is 6.61 Å². The lowest BCUT2D eigenvalue weighted by Gasteiger charge is -2.39. The minimum Gasteiger partial charge on any atom is -0.465 e. The zero-order valence-electron chi connectivity index (χ0n) is 7.47. The maximum absolute atomic E-state index is 10.9. The van der Waals surface area contributed by atoms with Gasteiger partial charge in [0, 0.05) is 11.8 Å². The maximum Gasteiger partial charge on any atom is 0.305 e. The summed E-state index contributed by atoms with van der Waals surface area (Å²) in [5, 5.41) is 0. The number of rotatable bonds is 0. The van der Waals surface area contributed by atoms with Crippen LogP contribution in [0.4, 0.5) is 0 Å².